The number of benzene rings is 1. The Hall–Kier alpha value is -1.81. The van der Waals surface area contributed by atoms with Crippen molar-refractivity contribution in [3.63, 3.8) is 0 Å². The topological polar surface area (TPSA) is 43.8 Å². The summed E-state index contributed by atoms with van der Waals surface area (Å²) in [6, 6.07) is 8.07. The van der Waals surface area contributed by atoms with Crippen molar-refractivity contribution < 1.29 is 0 Å². The Morgan fingerprint density at radius 2 is 2.11 bits per heavy atom. The number of hydrogen-bond donors (Lipinski definition) is 1. The van der Waals surface area contributed by atoms with Crippen molar-refractivity contribution in [2.24, 2.45) is 0 Å². The highest BCUT2D eigenvalue weighted by Crippen LogP contribution is 2.23. The van der Waals surface area contributed by atoms with Crippen LogP contribution in [0.5, 0.6) is 0 Å². The first-order chi connectivity index (χ1) is 8.65. The summed E-state index contributed by atoms with van der Waals surface area (Å²) in [7, 11) is 0. The zero-order valence-corrected chi connectivity index (χ0v) is 11.3. The Kier molecular flexibility index (Phi) is 2.59. The summed E-state index contributed by atoms with van der Waals surface area (Å²) in [4.78, 5) is 5.96. The molecule has 4 heteroatoms. The molecule has 1 aromatic carbocycles. The van der Waals surface area contributed by atoms with Gasteiger partial charge in [-0.05, 0) is 49.1 Å². The molecule has 92 valence electrons. The standard InChI is InChI=1S/C14H15N3S/c1-9-5-6-18-14(9)8-17-10(2)16-12-7-11(15)3-4-13(12)17/h3-7H,8,15H2,1-2H3. The molecule has 0 saturated heterocycles. The zero-order chi connectivity index (χ0) is 12.7. The van der Waals surface area contributed by atoms with E-state index < -0.39 is 0 Å². The van der Waals surface area contributed by atoms with E-state index in [4.69, 9.17) is 5.73 Å². The third-order valence-electron chi connectivity index (χ3n) is 3.23. The molecule has 0 aliphatic heterocycles. The van der Waals surface area contributed by atoms with E-state index in [0.717, 1.165) is 29.1 Å². The number of nitrogens with two attached hydrogens (primary N) is 1. The third kappa shape index (κ3) is 1.78. The number of nitrogen functional groups attached to an aromatic ring is 1. The van der Waals surface area contributed by atoms with Gasteiger partial charge in [-0.1, -0.05) is 0 Å². The molecule has 18 heavy (non-hydrogen) atoms. The maximum absolute atomic E-state index is 5.80. The monoisotopic (exact) mass is 257 g/mol. The van der Waals surface area contributed by atoms with Gasteiger partial charge in [-0.15, -0.1) is 11.3 Å². The minimum atomic E-state index is 0.763. The van der Waals surface area contributed by atoms with Crippen molar-refractivity contribution in [3.8, 4) is 0 Å². The first-order valence-electron chi connectivity index (χ1n) is 5.90. The van der Waals surface area contributed by atoms with E-state index in [9.17, 15) is 0 Å². The van der Waals surface area contributed by atoms with Gasteiger partial charge in [0, 0.05) is 10.6 Å². The lowest BCUT2D eigenvalue weighted by atomic mass is 10.2. The first kappa shape index (κ1) is 11.3. The molecule has 2 N–H and O–H groups in total. The molecular formula is C14H15N3S. The first-order valence-corrected chi connectivity index (χ1v) is 6.78. The highest BCUT2D eigenvalue weighted by atomic mass is 32.1. The largest absolute Gasteiger partial charge is 0.399 e. The number of thiophene rings is 1. The fraction of sp³-hybridized carbons (Fsp3) is 0.214. The SMILES string of the molecule is Cc1ccsc1Cn1c(C)nc2cc(N)ccc21. The Balaban J connectivity index is 2.11. The van der Waals surface area contributed by atoms with Crippen molar-refractivity contribution >= 4 is 28.1 Å². The predicted molar refractivity (Wildman–Crippen MR) is 77.0 cm³/mol. The molecule has 2 heterocycles. The predicted octanol–water partition coefficient (Wildman–Crippen LogP) is 3.35. The van der Waals surface area contributed by atoms with E-state index in [1.807, 2.05) is 25.1 Å². The fourth-order valence-electron chi connectivity index (χ4n) is 2.18. The molecular weight excluding hydrogens is 242 g/mol. The van der Waals surface area contributed by atoms with Crippen LogP contribution in [0.25, 0.3) is 11.0 Å². The van der Waals surface area contributed by atoms with Gasteiger partial charge in [0.2, 0.25) is 0 Å². The molecule has 2 aromatic heterocycles. The highest BCUT2D eigenvalue weighted by molar-refractivity contribution is 7.10. The molecule has 0 radical (unpaired) electrons. The van der Waals surface area contributed by atoms with Gasteiger partial charge < -0.3 is 10.3 Å². The fourth-order valence-corrected chi connectivity index (χ4v) is 3.07. The van der Waals surface area contributed by atoms with E-state index in [-0.39, 0.29) is 0 Å². The molecule has 0 aliphatic carbocycles. The molecule has 0 unspecified atom stereocenters. The molecule has 0 saturated carbocycles. The van der Waals surface area contributed by atoms with Crippen molar-refractivity contribution in [1.82, 2.24) is 9.55 Å². The van der Waals surface area contributed by atoms with Gasteiger partial charge in [-0.25, -0.2) is 4.98 Å². The van der Waals surface area contributed by atoms with Gasteiger partial charge in [0.1, 0.15) is 5.82 Å². The average molecular weight is 257 g/mol. The van der Waals surface area contributed by atoms with Crippen LogP contribution in [-0.2, 0) is 6.54 Å². The average Bonchev–Trinajstić information content (AvgIpc) is 2.85. The van der Waals surface area contributed by atoms with Crippen LogP contribution in [0.4, 0.5) is 5.69 Å². The van der Waals surface area contributed by atoms with Gasteiger partial charge in [0.05, 0.1) is 17.6 Å². The Bertz CT molecular complexity index is 709. The molecule has 3 nitrogen and oxygen atoms in total. The van der Waals surface area contributed by atoms with Crippen molar-refractivity contribution in [1.29, 1.82) is 0 Å². The van der Waals surface area contributed by atoms with E-state index in [1.165, 1.54) is 10.4 Å². The van der Waals surface area contributed by atoms with Crippen molar-refractivity contribution in [2.75, 3.05) is 5.73 Å². The number of fused-ring (bicyclic) bond motifs is 1. The second-order valence-electron chi connectivity index (χ2n) is 4.52. The smallest absolute Gasteiger partial charge is 0.107 e. The number of anilines is 1. The van der Waals surface area contributed by atoms with Crippen molar-refractivity contribution in [2.45, 2.75) is 20.4 Å². The number of aryl methyl sites for hydroxylation is 2. The molecule has 0 spiro atoms. The summed E-state index contributed by atoms with van der Waals surface area (Å²) in [5.41, 5.74) is 10.0. The third-order valence-corrected chi connectivity index (χ3v) is 4.24. The second-order valence-corrected chi connectivity index (χ2v) is 5.52. The molecule has 0 atom stereocenters. The summed E-state index contributed by atoms with van der Waals surface area (Å²) in [5, 5.41) is 2.14. The number of rotatable bonds is 2. The molecule has 0 fully saturated rings. The quantitative estimate of drug-likeness (QED) is 0.715. The van der Waals surface area contributed by atoms with Crippen LogP contribution in [-0.4, -0.2) is 9.55 Å². The summed E-state index contributed by atoms with van der Waals surface area (Å²) in [5.74, 6) is 1.03. The van der Waals surface area contributed by atoms with Gasteiger partial charge in [-0.3, -0.25) is 0 Å². The zero-order valence-electron chi connectivity index (χ0n) is 10.5. The Morgan fingerprint density at radius 3 is 2.83 bits per heavy atom. The Labute approximate surface area is 110 Å². The summed E-state index contributed by atoms with van der Waals surface area (Å²) in [6.07, 6.45) is 0. The van der Waals surface area contributed by atoms with Crippen LogP contribution >= 0.6 is 11.3 Å². The van der Waals surface area contributed by atoms with E-state index in [1.54, 1.807) is 11.3 Å². The molecule has 0 aliphatic rings. The van der Waals surface area contributed by atoms with Crippen LogP contribution < -0.4 is 5.73 Å². The van der Waals surface area contributed by atoms with Gasteiger partial charge >= 0.3 is 0 Å². The van der Waals surface area contributed by atoms with Crippen LogP contribution in [0.1, 0.15) is 16.3 Å². The second kappa shape index (κ2) is 4.14. The lowest BCUT2D eigenvalue weighted by molar-refractivity contribution is 0.793. The van der Waals surface area contributed by atoms with Crippen LogP contribution in [0.3, 0.4) is 0 Å². The molecule has 0 bridgehead atoms. The minimum absolute atomic E-state index is 0.763. The summed E-state index contributed by atoms with van der Waals surface area (Å²) >= 11 is 1.79. The summed E-state index contributed by atoms with van der Waals surface area (Å²) < 4.78 is 2.24. The van der Waals surface area contributed by atoms with E-state index >= 15 is 0 Å². The molecule has 0 amide bonds. The van der Waals surface area contributed by atoms with Gasteiger partial charge in [0.25, 0.3) is 0 Å². The van der Waals surface area contributed by atoms with E-state index in [0.29, 0.717) is 0 Å². The minimum Gasteiger partial charge on any atom is -0.399 e. The number of aromatic nitrogens is 2. The van der Waals surface area contributed by atoms with Gasteiger partial charge in [0.15, 0.2) is 0 Å². The van der Waals surface area contributed by atoms with Crippen LogP contribution in [0.2, 0.25) is 0 Å². The van der Waals surface area contributed by atoms with Gasteiger partial charge in [-0.2, -0.15) is 0 Å². The maximum atomic E-state index is 5.80. The van der Waals surface area contributed by atoms with Crippen LogP contribution in [0, 0.1) is 13.8 Å². The Morgan fingerprint density at radius 1 is 1.28 bits per heavy atom. The summed E-state index contributed by atoms with van der Waals surface area (Å²) in [6.45, 7) is 5.08. The normalized spacial score (nSPS) is 11.2. The molecule has 3 aromatic rings. The number of nitrogens with zero attached hydrogens (tertiary/aromatic N) is 2. The highest BCUT2D eigenvalue weighted by Gasteiger charge is 2.09. The molecule has 3 rings (SSSR count). The lowest BCUT2D eigenvalue weighted by Gasteiger charge is -2.06. The number of imidazole rings is 1. The van der Waals surface area contributed by atoms with Crippen molar-refractivity contribution in [3.05, 3.63) is 45.9 Å². The van der Waals surface area contributed by atoms with E-state index in [2.05, 4.69) is 27.9 Å². The number of hydrogen-bond acceptors (Lipinski definition) is 3. The lowest BCUT2D eigenvalue weighted by Crippen LogP contribution is -2.01. The maximum Gasteiger partial charge on any atom is 0.107 e. The van der Waals surface area contributed by atoms with Crippen LogP contribution in [0.15, 0.2) is 29.6 Å².